The Morgan fingerprint density at radius 2 is 1.93 bits per heavy atom. The van der Waals surface area contributed by atoms with E-state index in [1.807, 2.05) is 19.1 Å². The summed E-state index contributed by atoms with van der Waals surface area (Å²) in [5.41, 5.74) is 1.88. The molecule has 27 heavy (non-hydrogen) atoms. The first-order valence-electron chi connectivity index (χ1n) is 10.6. The summed E-state index contributed by atoms with van der Waals surface area (Å²) < 4.78 is 13.8. The maximum Gasteiger partial charge on any atom is 0.224 e. The van der Waals surface area contributed by atoms with Crippen LogP contribution in [0.1, 0.15) is 49.7 Å². The number of halogens is 1. The van der Waals surface area contributed by atoms with Crippen molar-refractivity contribution in [3.8, 4) is 0 Å². The van der Waals surface area contributed by atoms with Gasteiger partial charge in [0.05, 0.1) is 5.92 Å². The minimum atomic E-state index is -0.105. The van der Waals surface area contributed by atoms with Crippen molar-refractivity contribution in [2.45, 2.75) is 64.1 Å². The molecule has 4 nitrogen and oxygen atoms in total. The van der Waals surface area contributed by atoms with Crippen LogP contribution >= 0.6 is 0 Å². The number of amides is 1. The van der Waals surface area contributed by atoms with Crippen LogP contribution in [-0.4, -0.2) is 54.0 Å². The van der Waals surface area contributed by atoms with Crippen LogP contribution in [0.2, 0.25) is 0 Å². The number of benzene rings is 1. The largest absolute Gasteiger partial charge is 0.353 e. The van der Waals surface area contributed by atoms with Crippen LogP contribution in [0, 0.1) is 18.7 Å². The molecule has 1 aromatic carbocycles. The van der Waals surface area contributed by atoms with Gasteiger partial charge in [0.1, 0.15) is 5.82 Å². The first kappa shape index (κ1) is 18.9. The molecule has 5 heteroatoms. The third kappa shape index (κ3) is 4.69. The monoisotopic (exact) mass is 373 g/mol. The van der Waals surface area contributed by atoms with Gasteiger partial charge < -0.3 is 5.32 Å². The van der Waals surface area contributed by atoms with Gasteiger partial charge in [-0.25, -0.2) is 4.39 Å². The maximum atomic E-state index is 13.8. The third-order valence-electron chi connectivity index (χ3n) is 6.59. The number of nitrogens with zero attached hydrogens (tertiary/aromatic N) is 2. The predicted molar refractivity (Wildman–Crippen MR) is 105 cm³/mol. The molecule has 1 saturated carbocycles. The molecule has 1 N–H and O–H groups in total. The number of piperidine rings is 2. The topological polar surface area (TPSA) is 35.6 Å². The quantitative estimate of drug-likeness (QED) is 0.862. The number of rotatable bonds is 5. The third-order valence-corrected chi connectivity index (χ3v) is 6.59. The van der Waals surface area contributed by atoms with Crippen molar-refractivity contribution in [3.05, 3.63) is 35.1 Å². The zero-order valence-electron chi connectivity index (χ0n) is 16.4. The maximum absolute atomic E-state index is 13.8. The lowest BCUT2D eigenvalue weighted by atomic mass is 9.93. The van der Waals surface area contributed by atoms with Crippen LogP contribution in [0.4, 0.5) is 4.39 Å². The highest BCUT2D eigenvalue weighted by atomic mass is 19.1. The minimum absolute atomic E-state index is 0.105. The summed E-state index contributed by atoms with van der Waals surface area (Å²) in [5.74, 6) is 0.347. The van der Waals surface area contributed by atoms with Crippen molar-refractivity contribution >= 4 is 5.91 Å². The van der Waals surface area contributed by atoms with Gasteiger partial charge in [-0.2, -0.15) is 0 Å². The number of hydrogen-bond donors (Lipinski definition) is 1. The molecule has 3 fully saturated rings. The van der Waals surface area contributed by atoms with Gasteiger partial charge in [-0.05, 0) is 82.3 Å². The lowest BCUT2D eigenvalue weighted by Crippen LogP contribution is -2.50. The summed E-state index contributed by atoms with van der Waals surface area (Å²) in [4.78, 5) is 17.4. The fraction of sp³-hybridized carbons (Fsp3) is 0.682. The van der Waals surface area contributed by atoms with Crippen LogP contribution < -0.4 is 5.32 Å². The molecular formula is C22H32FN3O. The molecular weight excluding hydrogens is 341 g/mol. The van der Waals surface area contributed by atoms with E-state index in [4.69, 9.17) is 0 Å². The SMILES string of the molecule is Cc1c(F)cccc1CN1CCC(N2CCCC(C(=O)NC3CC3)C2)CC1. The van der Waals surface area contributed by atoms with Crippen molar-refractivity contribution in [1.82, 2.24) is 15.1 Å². The van der Waals surface area contributed by atoms with E-state index in [0.29, 0.717) is 12.1 Å². The van der Waals surface area contributed by atoms with Gasteiger partial charge in [-0.3, -0.25) is 14.6 Å². The van der Waals surface area contributed by atoms with Gasteiger partial charge in [-0.15, -0.1) is 0 Å². The molecule has 1 atom stereocenters. The van der Waals surface area contributed by atoms with E-state index >= 15 is 0 Å². The molecule has 0 aromatic heterocycles. The summed E-state index contributed by atoms with van der Waals surface area (Å²) in [7, 11) is 0. The number of carbonyl (C=O) groups is 1. The van der Waals surface area contributed by atoms with Crippen LogP contribution in [0.3, 0.4) is 0 Å². The number of hydrogen-bond acceptors (Lipinski definition) is 3. The van der Waals surface area contributed by atoms with Crippen molar-refractivity contribution in [2.75, 3.05) is 26.2 Å². The van der Waals surface area contributed by atoms with Crippen molar-refractivity contribution in [2.24, 2.45) is 5.92 Å². The van der Waals surface area contributed by atoms with E-state index in [2.05, 4.69) is 15.1 Å². The molecule has 0 bridgehead atoms. The van der Waals surface area contributed by atoms with E-state index in [-0.39, 0.29) is 17.6 Å². The van der Waals surface area contributed by atoms with E-state index in [1.165, 1.54) is 6.07 Å². The van der Waals surface area contributed by atoms with E-state index in [0.717, 1.165) is 82.4 Å². The Hall–Kier alpha value is -1.46. The van der Waals surface area contributed by atoms with Crippen LogP contribution in [-0.2, 0) is 11.3 Å². The zero-order valence-corrected chi connectivity index (χ0v) is 16.4. The molecule has 3 aliphatic rings. The smallest absolute Gasteiger partial charge is 0.224 e. The Labute approximate surface area is 162 Å². The van der Waals surface area contributed by atoms with Gasteiger partial charge in [0.15, 0.2) is 0 Å². The molecule has 2 aliphatic heterocycles. The Morgan fingerprint density at radius 1 is 1.15 bits per heavy atom. The molecule has 2 heterocycles. The van der Waals surface area contributed by atoms with Crippen molar-refractivity contribution in [1.29, 1.82) is 0 Å². The average Bonchev–Trinajstić information content (AvgIpc) is 3.50. The highest BCUT2D eigenvalue weighted by Gasteiger charge is 2.33. The van der Waals surface area contributed by atoms with E-state index in [9.17, 15) is 9.18 Å². The predicted octanol–water partition coefficient (Wildman–Crippen LogP) is 3.09. The number of likely N-dealkylation sites (tertiary alicyclic amines) is 2. The molecule has 1 unspecified atom stereocenters. The first-order valence-corrected chi connectivity index (χ1v) is 10.6. The zero-order chi connectivity index (χ0) is 18.8. The second kappa shape index (κ2) is 8.27. The van der Waals surface area contributed by atoms with E-state index in [1.54, 1.807) is 0 Å². The van der Waals surface area contributed by atoms with Crippen molar-refractivity contribution in [3.63, 3.8) is 0 Å². The minimum Gasteiger partial charge on any atom is -0.353 e. The molecule has 1 amide bonds. The summed E-state index contributed by atoms with van der Waals surface area (Å²) in [6.07, 6.45) is 6.77. The normalized spacial score (nSPS) is 25.5. The molecule has 0 radical (unpaired) electrons. The lowest BCUT2D eigenvalue weighted by molar-refractivity contribution is -0.127. The summed E-state index contributed by atoms with van der Waals surface area (Å²) in [6.45, 7) is 6.86. The molecule has 1 aliphatic carbocycles. The Balaban J connectivity index is 1.27. The fourth-order valence-corrected chi connectivity index (χ4v) is 4.61. The second-order valence-corrected chi connectivity index (χ2v) is 8.65. The highest BCUT2D eigenvalue weighted by Crippen LogP contribution is 2.26. The second-order valence-electron chi connectivity index (χ2n) is 8.65. The van der Waals surface area contributed by atoms with Crippen LogP contribution in [0.25, 0.3) is 0 Å². The van der Waals surface area contributed by atoms with Gasteiger partial charge in [0, 0.05) is 25.2 Å². The Morgan fingerprint density at radius 3 is 2.67 bits per heavy atom. The standard InChI is InChI=1S/C22H32FN3O/c1-16-17(4-2-6-21(16)23)14-25-12-9-20(10-13-25)26-11-3-5-18(15-26)22(27)24-19-7-8-19/h2,4,6,18-20H,3,5,7-15H2,1H3,(H,24,27). The molecule has 4 rings (SSSR count). The lowest BCUT2D eigenvalue weighted by Gasteiger charge is -2.42. The van der Waals surface area contributed by atoms with Crippen LogP contribution in [0.15, 0.2) is 18.2 Å². The first-order chi connectivity index (χ1) is 13.1. The Kier molecular flexibility index (Phi) is 5.79. The summed E-state index contributed by atoms with van der Waals surface area (Å²) >= 11 is 0. The molecule has 0 spiro atoms. The van der Waals surface area contributed by atoms with Crippen molar-refractivity contribution < 1.29 is 9.18 Å². The highest BCUT2D eigenvalue weighted by molar-refractivity contribution is 5.79. The molecule has 2 saturated heterocycles. The van der Waals surface area contributed by atoms with E-state index < -0.39 is 0 Å². The van der Waals surface area contributed by atoms with Gasteiger partial charge in [-0.1, -0.05) is 12.1 Å². The summed E-state index contributed by atoms with van der Waals surface area (Å²) in [5, 5.41) is 3.19. The van der Waals surface area contributed by atoms with Crippen LogP contribution in [0.5, 0.6) is 0 Å². The molecule has 1 aromatic rings. The Bertz CT molecular complexity index is 668. The molecule has 148 valence electrons. The average molecular weight is 374 g/mol. The van der Waals surface area contributed by atoms with Gasteiger partial charge >= 0.3 is 0 Å². The number of carbonyl (C=O) groups excluding carboxylic acids is 1. The number of nitrogens with one attached hydrogen (secondary N) is 1. The summed E-state index contributed by atoms with van der Waals surface area (Å²) in [6, 6.07) is 6.44. The van der Waals surface area contributed by atoms with Gasteiger partial charge in [0.25, 0.3) is 0 Å². The fourth-order valence-electron chi connectivity index (χ4n) is 4.61. The van der Waals surface area contributed by atoms with Gasteiger partial charge in [0.2, 0.25) is 5.91 Å².